The van der Waals surface area contributed by atoms with Crippen LogP contribution in [0.1, 0.15) is 6.92 Å². The number of carbonyl (C=O) groups is 1. The number of nitrogens with one attached hydrogen (secondary N) is 1. The number of alkyl halides is 3. The van der Waals surface area contributed by atoms with Gasteiger partial charge in [0, 0.05) is 26.2 Å². The fourth-order valence-electron chi connectivity index (χ4n) is 2.66. The van der Waals surface area contributed by atoms with E-state index in [2.05, 4.69) is 15.3 Å². The molecule has 0 spiro atoms. The van der Waals surface area contributed by atoms with Crippen LogP contribution in [-0.4, -0.2) is 64.9 Å². The molecule has 6 nitrogen and oxygen atoms in total. The molecule has 2 aliphatic heterocycles. The molecular formula is C13H16F3N5OS. The zero-order chi connectivity index (χ0) is 16.6. The van der Waals surface area contributed by atoms with Crippen LogP contribution in [-0.2, 0) is 4.79 Å². The van der Waals surface area contributed by atoms with Gasteiger partial charge in [-0.3, -0.25) is 9.69 Å². The predicted octanol–water partition coefficient (Wildman–Crippen LogP) is 1.59. The van der Waals surface area contributed by atoms with E-state index in [0.29, 0.717) is 48.5 Å². The van der Waals surface area contributed by atoms with Gasteiger partial charge in [0.05, 0.1) is 5.75 Å². The quantitative estimate of drug-likeness (QED) is 0.820. The van der Waals surface area contributed by atoms with Crippen molar-refractivity contribution < 1.29 is 18.0 Å². The minimum Gasteiger partial charge on any atom is -0.352 e. The molecule has 3 rings (SSSR count). The number of nitrogens with zero attached hydrogens (tertiary/aromatic N) is 4. The number of piperazine rings is 1. The summed E-state index contributed by atoms with van der Waals surface area (Å²) < 4.78 is 38.4. The molecule has 126 valence electrons. The number of amides is 1. The first kappa shape index (κ1) is 16.3. The lowest BCUT2D eigenvalue weighted by atomic mass is 10.2. The summed E-state index contributed by atoms with van der Waals surface area (Å²) in [6.07, 6.45) is -2.80. The average molecular weight is 347 g/mol. The summed E-state index contributed by atoms with van der Waals surface area (Å²) in [5.74, 6) is 0.762. The van der Waals surface area contributed by atoms with Gasteiger partial charge in [-0.15, -0.1) is 0 Å². The number of rotatable bonds is 2. The molecule has 10 heteroatoms. The molecule has 0 saturated carbocycles. The molecule has 1 saturated heterocycles. The predicted molar refractivity (Wildman–Crippen MR) is 80.7 cm³/mol. The average Bonchev–Trinajstić information content (AvgIpc) is 2.53. The van der Waals surface area contributed by atoms with Crippen molar-refractivity contribution >= 4 is 29.2 Å². The van der Waals surface area contributed by atoms with E-state index in [0.717, 1.165) is 0 Å². The van der Waals surface area contributed by atoms with Crippen molar-refractivity contribution in [2.24, 2.45) is 0 Å². The Morgan fingerprint density at radius 3 is 2.61 bits per heavy atom. The van der Waals surface area contributed by atoms with E-state index >= 15 is 0 Å². The highest BCUT2D eigenvalue weighted by atomic mass is 32.2. The third kappa shape index (κ3) is 3.37. The van der Waals surface area contributed by atoms with Gasteiger partial charge in [-0.1, -0.05) is 11.8 Å². The van der Waals surface area contributed by atoms with Crippen LogP contribution in [0.3, 0.4) is 0 Å². The van der Waals surface area contributed by atoms with Crippen molar-refractivity contribution in [1.82, 2.24) is 14.9 Å². The number of anilines is 2. The van der Waals surface area contributed by atoms with Crippen molar-refractivity contribution in [3.8, 4) is 0 Å². The largest absolute Gasteiger partial charge is 0.403 e. The summed E-state index contributed by atoms with van der Waals surface area (Å²) in [5.41, 5.74) is 0.561. The molecule has 1 unspecified atom stereocenters. The summed E-state index contributed by atoms with van der Waals surface area (Å²) in [7, 11) is 0. The summed E-state index contributed by atoms with van der Waals surface area (Å²) >= 11 is 1.33. The smallest absolute Gasteiger partial charge is 0.352 e. The number of carbonyl (C=O) groups excluding carboxylic acids is 1. The van der Waals surface area contributed by atoms with E-state index in [4.69, 9.17) is 0 Å². The Kier molecular flexibility index (Phi) is 4.37. The van der Waals surface area contributed by atoms with Crippen molar-refractivity contribution in [3.63, 3.8) is 0 Å². The van der Waals surface area contributed by atoms with E-state index < -0.39 is 12.2 Å². The zero-order valence-corrected chi connectivity index (χ0v) is 13.2. The Hall–Kier alpha value is -1.55. The molecule has 1 aromatic heterocycles. The first-order chi connectivity index (χ1) is 10.9. The second-order valence-electron chi connectivity index (χ2n) is 5.45. The first-order valence-corrected chi connectivity index (χ1v) is 8.18. The van der Waals surface area contributed by atoms with Crippen molar-refractivity contribution in [2.75, 3.05) is 42.1 Å². The monoisotopic (exact) mass is 347 g/mol. The molecular weight excluding hydrogens is 331 g/mol. The SMILES string of the molecule is CC(N1CCN(c2ncnc3c2NC(=O)CS3)CC1)C(F)(F)F. The standard InChI is InChI=1S/C13H16F3N5OS/c1-8(13(14,15)16)20-2-4-21(5-3-20)11-10-12(18-7-17-11)23-6-9(22)19-10/h7-8H,2-6H2,1H3,(H,19,22). The second-order valence-corrected chi connectivity index (χ2v) is 6.42. The number of halogens is 3. The van der Waals surface area contributed by atoms with Crippen LogP contribution in [0.5, 0.6) is 0 Å². The molecule has 0 aliphatic carbocycles. The van der Waals surface area contributed by atoms with E-state index in [1.54, 1.807) is 0 Å². The van der Waals surface area contributed by atoms with Gasteiger partial charge < -0.3 is 10.2 Å². The number of aromatic nitrogens is 2. The summed E-state index contributed by atoms with van der Waals surface area (Å²) in [5, 5.41) is 3.46. The minimum atomic E-state index is -4.22. The molecule has 1 N–H and O–H groups in total. The van der Waals surface area contributed by atoms with Gasteiger partial charge in [-0.25, -0.2) is 9.97 Å². The van der Waals surface area contributed by atoms with Crippen LogP contribution in [0.2, 0.25) is 0 Å². The Bertz CT molecular complexity index is 604. The summed E-state index contributed by atoms with van der Waals surface area (Å²) in [6, 6.07) is -1.46. The molecule has 1 fully saturated rings. The normalized spacial score (nSPS) is 20.9. The van der Waals surface area contributed by atoms with Crippen LogP contribution >= 0.6 is 11.8 Å². The molecule has 0 radical (unpaired) electrons. The Morgan fingerprint density at radius 2 is 1.96 bits per heavy atom. The van der Waals surface area contributed by atoms with Crippen molar-refractivity contribution in [3.05, 3.63) is 6.33 Å². The number of hydrogen-bond acceptors (Lipinski definition) is 6. The molecule has 2 aliphatic rings. The van der Waals surface area contributed by atoms with Crippen LogP contribution in [0, 0.1) is 0 Å². The maximum atomic E-state index is 12.8. The third-order valence-corrected chi connectivity index (χ3v) is 5.02. The summed E-state index contributed by atoms with van der Waals surface area (Å²) in [4.78, 5) is 23.2. The topological polar surface area (TPSA) is 61.4 Å². The van der Waals surface area contributed by atoms with Crippen LogP contribution < -0.4 is 10.2 Å². The van der Waals surface area contributed by atoms with Crippen molar-refractivity contribution in [2.45, 2.75) is 24.2 Å². The summed E-state index contributed by atoms with van der Waals surface area (Å²) in [6.45, 7) is 2.61. The highest BCUT2D eigenvalue weighted by Crippen LogP contribution is 2.36. The lowest BCUT2D eigenvalue weighted by Crippen LogP contribution is -2.54. The van der Waals surface area contributed by atoms with E-state index in [9.17, 15) is 18.0 Å². The molecule has 0 aromatic carbocycles. The van der Waals surface area contributed by atoms with E-state index in [-0.39, 0.29) is 5.91 Å². The van der Waals surface area contributed by atoms with Crippen LogP contribution in [0.15, 0.2) is 11.4 Å². The highest BCUT2D eigenvalue weighted by Gasteiger charge is 2.41. The van der Waals surface area contributed by atoms with Gasteiger partial charge in [-0.2, -0.15) is 13.2 Å². The van der Waals surface area contributed by atoms with Gasteiger partial charge in [0.1, 0.15) is 23.1 Å². The molecule has 23 heavy (non-hydrogen) atoms. The van der Waals surface area contributed by atoms with Gasteiger partial charge in [0.2, 0.25) is 5.91 Å². The van der Waals surface area contributed by atoms with Crippen LogP contribution in [0.4, 0.5) is 24.7 Å². The highest BCUT2D eigenvalue weighted by molar-refractivity contribution is 8.00. The number of thioether (sulfide) groups is 1. The van der Waals surface area contributed by atoms with E-state index in [1.807, 2.05) is 4.90 Å². The van der Waals surface area contributed by atoms with E-state index in [1.165, 1.54) is 29.9 Å². The molecule has 1 aromatic rings. The minimum absolute atomic E-state index is 0.122. The van der Waals surface area contributed by atoms with Crippen molar-refractivity contribution in [1.29, 1.82) is 0 Å². The van der Waals surface area contributed by atoms with Gasteiger partial charge in [0.15, 0.2) is 5.82 Å². The molecule has 1 amide bonds. The fourth-order valence-corrected chi connectivity index (χ4v) is 3.41. The van der Waals surface area contributed by atoms with Gasteiger partial charge >= 0.3 is 6.18 Å². The lowest BCUT2D eigenvalue weighted by Gasteiger charge is -2.39. The van der Waals surface area contributed by atoms with Gasteiger partial charge in [-0.05, 0) is 6.92 Å². The zero-order valence-electron chi connectivity index (χ0n) is 12.4. The van der Waals surface area contributed by atoms with Crippen LogP contribution in [0.25, 0.3) is 0 Å². The molecule has 3 heterocycles. The number of hydrogen-bond donors (Lipinski definition) is 1. The lowest BCUT2D eigenvalue weighted by molar-refractivity contribution is -0.179. The maximum absolute atomic E-state index is 12.8. The number of fused-ring (bicyclic) bond motifs is 1. The third-order valence-electron chi connectivity index (χ3n) is 4.03. The Labute approximate surface area is 135 Å². The Morgan fingerprint density at radius 1 is 1.26 bits per heavy atom. The Balaban J connectivity index is 1.73. The first-order valence-electron chi connectivity index (χ1n) is 7.19. The molecule has 1 atom stereocenters. The fraction of sp³-hybridized carbons (Fsp3) is 0.615. The van der Waals surface area contributed by atoms with Gasteiger partial charge in [0.25, 0.3) is 0 Å². The maximum Gasteiger partial charge on any atom is 0.403 e. The second kappa shape index (κ2) is 6.16. The molecule has 0 bridgehead atoms.